The van der Waals surface area contributed by atoms with Crippen molar-refractivity contribution in [1.29, 1.82) is 0 Å². The minimum atomic E-state index is -3.87. The van der Waals surface area contributed by atoms with Crippen LogP contribution < -0.4 is 5.14 Å². The molecular formula is C24H28FN6O8S+. The number of rotatable bonds is 13. The minimum absolute atomic E-state index is 0.0211. The lowest BCUT2D eigenvalue weighted by atomic mass is 10.1. The van der Waals surface area contributed by atoms with E-state index in [1.54, 1.807) is 30.3 Å². The Morgan fingerprint density at radius 2 is 1.82 bits per heavy atom. The van der Waals surface area contributed by atoms with E-state index in [2.05, 4.69) is 20.0 Å². The summed E-state index contributed by atoms with van der Waals surface area (Å²) in [5, 5.41) is 23.6. The van der Waals surface area contributed by atoms with Gasteiger partial charge in [0, 0.05) is 12.5 Å². The number of nitrogens with zero attached hydrogens (tertiary/aromatic N) is 5. The molecule has 14 nitrogen and oxygen atoms in total. The third-order valence-electron chi connectivity index (χ3n) is 5.33. The number of aromatic nitrogens is 2. The SMILES string of the molecule is CC(=O)OCO/N=[N+](\O)N(C)CCOC(=O)Cc1ccc(-c2cc(CF)nn2-c2ccc(S(N)(=O)=O)cc2)cc1. The van der Waals surface area contributed by atoms with Gasteiger partial charge in [0.2, 0.25) is 10.0 Å². The maximum absolute atomic E-state index is 13.4. The number of carbonyl (C=O) groups is 2. The number of primary sulfonamides is 1. The molecule has 0 atom stereocenters. The maximum Gasteiger partial charge on any atom is 0.310 e. The monoisotopic (exact) mass is 579 g/mol. The van der Waals surface area contributed by atoms with Crippen LogP contribution in [-0.4, -0.2) is 72.3 Å². The van der Waals surface area contributed by atoms with Crippen molar-refractivity contribution in [2.45, 2.75) is 24.9 Å². The molecule has 16 heteroatoms. The first-order chi connectivity index (χ1) is 19.0. The van der Waals surface area contributed by atoms with Gasteiger partial charge in [0.15, 0.2) is 0 Å². The summed E-state index contributed by atoms with van der Waals surface area (Å²) in [5.41, 5.74) is 2.60. The van der Waals surface area contributed by atoms with Gasteiger partial charge in [-0.25, -0.2) is 27.8 Å². The van der Waals surface area contributed by atoms with Crippen LogP contribution >= 0.6 is 0 Å². The summed E-state index contributed by atoms with van der Waals surface area (Å²) in [7, 11) is -2.41. The third kappa shape index (κ3) is 8.47. The van der Waals surface area contributed by atoms with E-state index in [1.807, 2.05) is 0 Å². The highest BCUT2D eigenvalue weighted by Gasteiger charge is 2.16. The summed E-state index contributed by atoms with van der Waals surface area (Å²) in [6, 6.07) is 14.2. The molecule has 0 unspecified atom stereocenters. The lowest BCUT2D eigenvalue weighted by Gasteiger charge is -2.10. The first-order valence-corrected chi connectivity index (χ1v) is 13.2. The molecule has 3 rings (SSSR count). The number of carbonyl (C=O) groups excluding carboxylic acids is 2. The predicted molar refractivity (Wildman–Crippen MR) is 135 cm³/mol. The number of nitrogens with two attached hydrogens (primary N) is 1. The molecule has 0 saturated carbocycles. The van der Waals surface area contributed by atoms with E-state index in [9.17, 15) is 27.6 Å². The van der Waals surface area contributed by atoms with E-state index >= 15 is 0 Å². The summed E-state index contributed by atoms with van der Waals surface area (Å²) in [6.07, 6.45) is -0.0211. The molecule has 3 aromatic rings. The van der Waals surface area contributed by atoms with Crippen LogP contribution in [-0.2, 0) is 47.0 Å². The number of halogens is 1. The van der Waals surface area contributed by atoms with Crippen LogP contribution in [0.4, 0.5) is 4.39 Å². The van der Waals surface area contributed by atoms with Crippen LogP contribution in [0.5, 0.6) is 0 Å². The van der Waals surface area contributed by atoms with E-state index in [1.165, 1.54) is 47.9 Å². The molecule has 40 heavy (non-hydrogen) atoms. The van der Waals surface area contributed by atoms with Gasteiger partial charge in [-0.05, 0) is 35.9 Å². The second-order valence-electron chi connectivity index (χ2n) is 8.31. The summed E-state index contributed by atoms with van der Waals surface area (Å²) in [6.45, 7) is -0.0449. The third-order valence-corrected chi connectivity index (χ3v) is 6.26. The van der Waals surface area contributed by atoms with E-state index in [4.69, 9.17) is 9.88 Å². The highest BCUT2D eigenvalue weighted by atomic mass is 32.2. The number of sulfonamides is 1. The maximum atomic E-state index is 13.4. The normalized spacial score (nSPS) is 11.7. The smallest absolute Gasteiger partial charge is 0.310 e. The molecule has 0 amide bonds. The van der Waals surface area contributed by atoms with Gasteiger partial charge in [-0.15, -0.1) is 5.01 Å². The average Bonchev–Trinajstić information content (AvgIpc) is 3.35. The molecule has 214 valence electrons. The van der Waals surface area contributed by atoms with Gasteiger partial charge in [0.25, 0.3) is 17.0 Å². The topological polar surface area (TPSA) is 179 Å². The summed E-state index contributed by atoms with van der Waals surface area (Å²) < 4.78 is 47.7. The molecule has 1 aromatic heterocycles. The molecule has 2 aromatic carbocycles. The zero-order chi connectivity index (χ0) is 29.3. The van der Waals surface area contributed by atoms with Crippen molar-refractivity contribution in [3.05, 3.63) is 65.9 Å². The van der Waals surface area contributed by atoms with Gasteiger partial charge in [-0.3, -0.25) is 14.4 Å². The van der Waals surface area contributed by atoms with Gasteiger partial charge < -0.3 is 9.47 Å². The average molecular weight is 580 g/mol. The molecule has 0 bridgehead atoms. The Labute approximate surface area is 228 Å². The van der Waals surface area contributed by atoms with Crippen molar-refractivity contribution < 1.29 is 46.9 Å². The lowest BCUT2D eigenvalue weighted by molar-refractivity contribution is -0.938. The highest BCUT2D eigenvalue weighted by molar-refractivity contribution is 7.89. The van der Waals surface area contributed by atoms with Crippen molar-refractivity contribution in [2.75, 3.05) is 27.0 Å². The largest absolute Gasteiger partial charge is 0.463 e. The fourth-order valence-electron chi connectivity index (χ4n) is 3.31. The van der Waals surface area contributed by atoms with Gasteiger partial charge in [0.1, 0.15) is 19.8 Å². The first kappa shape index (κ1) is 30.0. The van der Waals surface area contributed by atoms with Gasteiger partial charge >= 0.3 is 11.9 Å². The Morgan fingerprint density at radius 1 is 1.15 bits per heavy atom. The number of esters is 2. The second kappa shape index (κ2) is 13.5. The van der Waals surface area contributed by atoms with Crippen LogP contribution in [0.25, 0.3) is 16.9 Å². The van der Waals surface area contributed by atoms with Crippen LogP contribution in [0, 0.1) is 0 Å². The fraction of sp³-hybridized carbons (Fsp3) is 0.292. The molecule has 0 aliphatic heterocycles. The summed E-state index contributed by atoms with van der Waals surface area (Å²) in [4.78, 5) is 27.8. The van der Waals surface area contributed by atoms with E-state index < -0.39 is 35.4 Å². The molecule has 0 saturated heterocycles. The van der Waals surface area contributed by atoms with Crippen molar-refractivity contribution in [3.8, 4) is 16.9 Å². The van der Waals surface area contributed by atoms with Crippen molar-refractivity contribution in [1.82, 2.24) is 14.8 Å². The van der Waals surface area contributed by atoms with E-state index in [0.717, 1.165) is 0 Å². The standard InChI is InChI=1S/C24H28FN6O8S/c1-17(32)38-16-39-28-31(34)29(2)11-12-37-24(33)13-18-3-5-19(6-4-18)23-14-20(15-25)27-30(23)21-7-9-22(10-8-21)40(26,35)36/h3-10,14H,11-13,15-16H2,1-2H3,(H,28,34)(H2,26,35,36)/q+1. The molecule has 0 spiro atoms. The van der Waals surface area contributed by atoms with Gasteiger partial charge in [-0.2, -0.15) is 5.10 Å². The van der Waals surface area contributed by atoms with Crippen LogP contribution in [0.2, 0.25) is 0 Å². The van der Waals surface area contributed by atoms with Crippen molar-refractivity contribution in [3.63, 3.8) is 0 Å². The first-order valence-electron chi connectivity index (χ1n) is 11.7. The Bertz CT molecular complexity index is 1460. The number of alkyl halides is 1. The fourth-order valence-corrected chi connectivity index (χ4v) is 3.83. The number of hydrogen-bond donors (Lipinski definition) is 2. The Balaban J connectivity index is 1.59. The minimum Gasteiger partial charge on any atom is -0.463 e. The molecule has 0 aliphatic rings. The zero-order valence-electron chi connectivity index (χ0n) is 21.6. The number of benzene rings is 2. The summed E-state index contributed by atoms with van der Waals surface area (Å²) >= 11 is 0. The molecule has 1 heterocycles. The number of likely N-dealkylation sites (N-methyl/N-ethyl adjacent to an activating group) is 1. The van der Waals surface area contributed by atoms with Crippen LogP contribution in [0.15, 0.2) is 64.8 Å². The van der Waals surface area contributed by atoms with Crippen molar-refractivity contribution >= 4 is 22.0 Å². The zero-order valence-corrected chi connectivity index (χ0v) is 22.5. The lowest BCUT2D eigenvalue weighted by Crippen LogP contribution is -2.32. The molecular weight excluding hydrogens is 551 g/mol. The molecule has 0 aliphatic carbocycles. The summed E-state index contributed by atoms with van der Waals surface area (Å²) in [5.74, 6) is -1.07. The number of ether oxygens (including phenoxy) is 2. The van der Waals surface area contributed by atoms with E-state index in [0.29, 0.717) is 27.5 Å². The van der Waals surface area contributed by atoms with Crippen molar-refractivity contribution in [2.24, 2.45) is 10.4 Å². The Hall–Kier alpha value is -4.57. The quantitative estimate of drug-likeness (QED) is 0.0758. The van der Waals surface area contributed by atoms with E-state index in [-0.39, 0.29) is 30.2 Å². The number of hydrogen-bond acceptors (Lipinski definition) is 9. The van der Waals surface area contributed by atoms with Gasteiger partial charge in [0.05, 0.1) is 35.4 Å². The van der Waals surface area contributed by atoms with Crippen LogP contribution in [0.3, 0.4) is 0 Å². The number of hydrazine groups is 1. The molecule has 0 radical (unpaired) electrons. The second-order valence-corrected chi connectivity index (χ2v) is 9.87. The highest BCUT2D eigenvalue weighted by Crippen LogP contribution is 2.26. The van der Waals surface area contributed by atoms with Gasteiger partial charge in [-0.1, -0.05) is 24.3 Å². The Morgan fingerprint density at radius 3 is 2.42 bits per heavy atom. The van der Waals surface area contributed by atoms with Crippen LogP contribution in [0.1, 0.15) is 18.2 Å². The molecule has 0 fully saturated rings. The molecule has 3 N–H and O–H groups in total. The Kier molecular flexibility index (Phi) is 10.1. The predicted octanol–water partition coefficient (Wildman–Crippen LogP) is 1.89.